The highest BCUT2D eigenvalue weighted by Gasteiger charge is 2.34. The zero-order valence-corrected chi connectivity index (χ0v) is 17.2. The van der Waals surface area contributed by atoms with E-state index in [0.29, 0.717) is 4.91 Å². The number of hydrogen-bond donors (Lipinski definition) is 1. The third kappa shape index (κ3) is 5.35. The lowest BCUT2D eigenvalue weighted by molar-refractivity contribution is -0.125. The van der Waals surface area contributed by atoms with E-state index in [9.17, 15) is 14.4 Å². The summed E-state index contributed by atoms with van der Waals surface area (Å²) >= 11 is 0.933. The Morgan fingerprint density at radius 1 is 1.07 bits per heavy atom. The van der Waals surface area contributed by atoms with Gasteiger partial charge in [0.25, 0.3) is 11.1 Å². The molecule has 1 atom stereocenters. The molecule has 5 nitrogen and oxygen atoms in total. The first-order chi connectivity index (χ1) is 14.1. The molecular weight excluding hydrogens is 384 g/mol. The Morgan fingerprint density at radius 2 is 1.72 bits per heavy atom. The Labute approximate surface area is 175 Å². The molecule has 1 unspecified atom stereocenters. The molecule has 1 saturated heterocycles. The molecule has 1 heterocycles. The van der Waals surface area contributed by atoms with Gasteiger partial charge in [0.1, 0.15) is 0 Å². The second kappa shape index (κ2) is 10.1. The van der Waals surface area contributed by atoms with Crippen LogP contribution < -0.4 is 5.32 Å². The van der Waals surface area contributed by atoms with Crippen LogP contribution in [0, 0.1) is 0 Å². The minimum atomic E-state index is -0.314. The number of rotatable bonds is 8. The lowest BCUT2D eigenvalue weighted by Gasteiger charge is -2.18. The molecule has 0 aromatic heterocycles. The fraction of sp³-hybridized carbons (Fsp3) is 0.261. The SMILES string of the molecule is CCCC(C(=O)NCCN1C(=O)SC(=Cc2ccccc2)C1=O)c1ccccc1. The summed E-state index contributed by atoms with van der Waals surface area (Å²) in [7, 11) is 0. The van der Waals surface area contributed by atoms with Crippen LogP contribution in [0.3, 0.4) is 0 Å². The number of nitrogens with one attached hydrogen (secondary N) is 1. The maximum atomic E-state index is 12.7. The van der Waals surface area contributed by atoms with Gasteiger partial charge in [0.15, 0.2) is 0 Å². The Morgan fingerprint density at radius 3 is 2.38 bits per heavy atom. The summed E-state index contributed by atoms with van der Waals surface area (Å²) in [6.07, 6.45) is 3.35. The van der Waals surface area contributed by atoms with Crippen LogP contribution in [0.5, 0.6) is 0 Å². The maximum absolute atomic E-state index is 12.7. The average Bonchev–Trinajstić information content (AvgIpc) is 3.00. The Hall–Kier alpha value is -2.86. The summed E-state index contributed by atoms with van der Waals surface area (Å²) in [6.45, 7) is 2.45. The molecule has 1 aliphatic rings. The minimum absolute atomic E-state index is 0.0788. The number of imide groups is 1. The first-order valence-corrected chi connectivity index (χ1v) is 10.5. The fourth-order valence-corrected chi connectivity index (χ4v) is 4.10. The second-order valence-electron chi connectivity index (χ2n) is 6.79. The van der Waals surface area contributed by atoms with E-state index in [-0.39, 0.29) is 36.1 Å². The third-order valence-electron chi connectivity index (χ3n) is 4.70. The quantitative estimate of drug-likeness (QED) is 0.657. The van der Waals surface area contributed by atoms with E-state index in [1.54, 1.807) is 6.08 Å². The topological polar surface area (TPSA) is 66.5 Å². The number of hydrogen-bond acceptors (Lipinski definition) is 4. The summed E-state index contributed by atoms with van der Waals surface area (Å²) in [5, 5.41) is 2.58. The molecule has 0 spiro atoms. The Bertz CT molecular complexity index is 897. The second-order valence-corrected chi connectivity index (χ2v) is 7.78. The van der Waals surface area contributed by atoms with Crippen molar-refractivity contribution in [2.75, 3.05) is 13.1 Å². The molecule has 0 bridgehead atoms. The molecule has 0 radical (unpaired) electrons. The predicted octanol–water partition coefficient (Wildman–Crippen LogP) is 4.42. The summed E-state index contributed by atoms with van der Waals surface area (Å²) in [6, 6.07) is 19.1. The molecule has 1 aliphatic heterocycles. The summed E-state index contributed by atoms with van der Waals surface area (Å²) in [5.74, 6) is -0.620. The van der Waals surface area contributed by atoms with Gasteiger partial charge in [-0.05, 0) is 35.4 Å². The summed E-state index contributed by atoms with van der Waals surface area (Å²) < 4.78 is 0. The van der Waals surface area contributed by atoms with Crippen molar-refractivity contribution in [3.8, 4) is 0 Å². The highest BCUT2D eigenvalue weighted by atomic mass is 32.2. The van der Waals surface area contributed by atoms with Crippen molar-refractivity contribution in [1.82, 2.24) is 10.2 Å². The van der Waals surface area contributed by atoms with Gasteiger partial charge in [-0.2, -0.15) is 0 Å². The van der Waals surface area contributed by atoms with Crippen LogP contribution in [0.1, 0.15) is 36.8 Å². The predicted molar refractivity (Wildman–Crippen MR) is 116 cm³/mol. The first kappa shape index (κ1) is 20.9. The van der Waals surface area contributed by atoms with Crippen molar-refractivity contribution in [1.29, 1.82) is 0 Å². The van der Waals surface area contributed by atoms with Crippen LogP contribution in [0.25, 0.3) is 6.08 Å². The van der Waals surface area contributed by atoms with Crippen molar-refractivity contribution >= 4 is 34.9 Å². The first-order valence-electron chi connectivity index (χ1n) is 9.73. The lowest BCUT2D eigenvalue weighted by Crippen LogP contribution is -2.38. The van der Waals surface area contributed by atoms with Crippen molar-refractivity contribution in [2.45, 2.75) is 25.7 Å². The van der Waals surface area contributed by atoms with Gasteiger partial charge in [-0.25, -0.2) is 0 Å². The van der Waals surface area contributed by atoms with Gasteiger partial charge >= 0.3 is 0 Å². The van der Waals surface area contributed by atoms with Crippen LogP contribution in [0.2, 0.25) is 0 Å². The maximum Gasteiger partial charge on any atom is 0.293 e. The number of carbonyl (C=O) groups excluding carboxylic acids is 3. The molecule has 6 heteroatoms. The van der Waals surface area contributed by atoms with Crippen LogP contribution in [-0.4, -0.2) is 35.0 Å². The highest BCUT2D eigenvalue weighted by molar-refractivity contribution is 8.18. The van der Waals surface area contributed by atoms with E-state index in [1.165, 1.54) is 4.90 Å². The van der Waals surface area contributed by atoms with Gasteiger partial charge in [-0.15, -0.1) is 0 Å². The number of thioether (sulfide) groups is 1. The van der Waals surface area contributed by atoms with E-state index in [2.05, 4.69) is 5.32 Å². The monoisotopic (exact) mass is 408 g/mol. The van der Waals surface area contributed by atoms with E-state index in [0.717, 1.165) is 35.7 Å². The Kier molecular flexibility index (Phi) is 7.25. The van der Waals surface area contributed by atoms with Crippen LogP contribution in [0.15, 0.2) is 65.6 Å². The molecule has 29 heavy (non-hydrogen) atoms. The number of amides is 3. The normalized spacial score (nSPS) is 16.3. The van der Waals surface area contributed by atoms with Crippen LogP contribution in [-0.2, 0) is 9.59 Å². The van der Waals surface area contributed by atoms with Crippen molar-refractivity contribution in [3.63, 3.8) is 0 Å². The van der Waals surface area contributed by atoms with Gasteiger partial charge in [-0.3, -0.25) is 19.3 Å². The van der Waals surface area contributed by atoms with Crippen molar-refractivity contribution in [3.05, 3.63) is 76.7 Å². The average molecular weight is 409 g/mol. The lowest BCUT2D eigenvalue weighted by atomic mass is 9.94. The van der Waals surface area contributed by atoms with Gasteiger partial charge < -0.3 is 5.32 Å². The fourth-order valence-electron chi connectivity index (χ4n) is 3.23. The van der Waals surface area contributed by atoms with Crippen molar-refractivity contribution < 1.29 is 14.4 Å². The van der Waals surface area contributed by atoms with E-state index in [4.69, 9.17) is 0 Å². The van der Waals surface area contributed by atoms with Crippen LogP contribution >= 0.6 is 11.8 Å². The van der Waals surface area contributed by atoms with Gasteiger partial charge in [-0.1, -0.05) is 74.0 Å². The zero-order valence-electron chi connectivity index (χ0n) is 16.3. The minimum Gasteiger partial charge on any atom is -0.354 e. The molecule has 3 rings (SSSR count). The molecule has 0 saturated carbocycles. The summed E-state index contributed by atoms with van der Waals surface area (Å²) in [4.78, 5) is 39.0. The summed E-state index contributed by atoms with van der Waals surface area (Å²) in [5.41, 5.74) is 1.85. The molecular formula is C23H24N2O3S. The number of carbonyl (C=O) groups is 3. The zero-order chi connectivity index (χ0) is 20.6. The molecule has 1 N–H and O–H groups in total. The van der Waals surface area contributed by atoms with E-state index in [1.807, 2.05) is 67.6 Å². The van der Waals surface area contributed by atoms with Gasteiger partial charge in [0, 0.05) is 13.1 Å². The molecule has 2 aromatic carbocycles. The standard InChI is InChI=1S/C23H24N2O3S/c1-2-9-19(18-12-7-4-8-13-18)21(26)24-14-15-25-22(27)20(29-23(25)28)16-17-10-5-3-6-11-17/h3-8,10-13,16,19H,2,9,14-15H2,1H3,(H,24,26). The number of benzene rings is 2. The number of nitrogens with zero attached hydrogens (tertiary/aromatic N) is 1. The van der Waals surface area contributed by atoms with Crippen molar-refractivity contribution in [2.24, 2.45) is 0 Å². The largest absolute Gasteiger partial charge is 0.354 e. The van der Waals surface area contributed by atoms with E-state index >= 15 is 0 Å². The molecule has 2 aromatic rings. The molecule has 150 valence electrons. The smallest absolute Gasteiger partial charge is 0.293 e. The third-order valence-corrected chi connectivity index (χ3v) is 5.61. The Balaban J connectivity index is 1.58. The highest BCUT2D eigenvalue weighted by Crippen LogP contribution is 2.31. The van der Waals surface area contributed by atoms with E-state index < -0.39 is 0 Å². The van der Waals surface area contributed by atoms with Gasteiger partial charge in [0.2, 0.25) is 5.91 Å². The van der Waals surface area contributed by atoms with Crippen LogP contribution in [0.4, 0.5) is 4.79 Å². The molecule has 0 aliphatic carbocycles. The molecule has 3 amide bonds. The molecule has 1 fully saturated rings. The van der Waals surface area contributed by atoms with Gasteiger partial charge in [0.05, 0.1) is 10.8 Å².